The van der Waals surface area contributed by atoms with E-state index in [-0.39, 0.29) is 24.5 Å². The van der Waals surface area contributed by atoms with Gasteiger partial charge in [0.15, 0.2) is 0 Å². The Morgan fingerprint density at radius 1 is 1.52 bits per heavy atom. The first-order chi connectivity index (χ1) is 11.2. The second kappa shape index (κ2) is 6.80. The van der Waals surface area contributed by atoms with Gasteiger partial charge in [-0.15, -0.1) is 0 Å². The number of fused-ring (bicyclic) bond motifs is 1. The molecule has 1 saturated heterocycles. The summed E-state index contributed by atoms with van der Waals surface area (Å²) in [4.78, 5) is 13.9. The molecular weight excluding hydrogens is 290 g/mol. The van der Waals surface area contributed by atoms with Gasteiger partial charge in [-0.05, 0) is 25.8 Å². The van der Waals surface area contributed by atoms with E-state index in [9.17, 15) is 4.79 Å². The summed E-state index contributed by atoms with van der Waals surface area (Å²) in [6.07, 6.45) is 3.56. The lowest BCUT2D eigenvalue weighted by Crippen LogP contribution is -2.43. The van der Waals surface area contributed by atoms with Crippen LogP contribution in [0, 0.1) is 11.3 Å². The first kappa shape index (κ1) is 15.5. The van der Waals surface area contributed by atoms with Crippen molar-refractivity contribution in [3.8, 4) is 6.07 Å². The molecule has 2 heterocycles. The zero-order valence-electron chi connectivity index (χ0n) is 13.3. The third kappa shape index (κ3) is 3.35. The Hall–Kier alpha value is -2.39. The highest BCUT2D eigenvalue weighted by Gasteiger charge is 2.28. The van der Waals surface area contributed by atoms with E-state index in [0.29, 0.717) is 13.1 Å². The summed E-state index contributed by atoms with van der Waals surface area (Å²) in [5.74, 6) is 0.00576. The van der Waals surface area contributed by atoms with Gasteiger partial charge in [-0.3, -0.25) is 9.48 Å². The zero-order valence-corrected chi connectivity index (χ0v) is 13.3. The second-order valence-corrected chi connectivity index (χ2v) is 6.04. The Kier molecular flexibility index (Phi) is 4.58. The normalized spacial score (nSPS) is 19.0. The van der Waals surface area contributed by atoms with Gasteiger partial charge in [0.25, 0.3) is 0 Å². The van der Waals surface area contributed by atoms with Crippen LogP contribution in [0.4, 0.5) is 0 Å². The molecule has 1 aliphatic rings. The number of para-hydroxylation sites is 1. The summed E-state index contributed by atoms with van der Waals surface area (Å²) in [6.45, 7) is 3.69. The SMILES string of the molecule is CC(Cn1ncc2ccccc21)NCC(=O)N1CCC[C@H]1C#N. The quantitative estimate of drug-likeness (QED) is 0.909. The Morgan fingerprint density at radius 3 is 3.17 bits per heavy atom. The van der Waals surface area contributed by atoms with Crippen LogP contribution in [0.1, 0.15) is 19.8 Å². The number of likely N-dealkylation sites (tertiary alicyclic amines) is 1. The van der Waals surface area contributed by atoms with Crippen molar-refractivity contribution < 1.29 is 4.79 Å². The number of nitrogens with zero attached hydrogens (tertiary/aromatic N) is 4. The summed E-state index contributed by atoms with van der Waals surface area (Å²) in [5.41, 5.74) is 1.09. The summed E-state index contributed by atoms with van der Waals surface area (Å²) in [5, 5.41) is 17.8. The topological polar surface area (TPSA) is 74.0 Å². The van der Waals surface area contributed by atoms with Gasteiger partial charge in [0.2, 0.25) is 5.91 Å². The molecule has 0 radical (unpaired) electrons. The van der Waals surface area contributed by atoms with E-state index < -0.39 is 0 Å². The van der Waals surface area contributed by atoms with Crippen molar-refractivity contribution >= 4 is 16.8 Å². The highest BCUT2D eigenvalue weighted by molar-refractivity contribution is 5.79. The van der Waals surface area contributed by atoms with Crippen LogP contribution in [-0.4, -0.2) is 45.8 Å². The van der Waals surface area contributed by atoms with Crippen LogP contribution in [-0.2, 0) is 11.3 Å². The number of nitrogens with one attached hydrogen (secondary N) is 1. The number of carbonyl (C=O) groups is 1. The maximum Gasteiger partial charge on any atom is 0.237 e. The number of hydrogen-bond acceptors (Lipinski definition) is 4. The van der Waals surface area contributed by atoms with Crippen LogP contribution in [0.3, 0.4) is 0 Å². The third-order valence-electron chi connectivity index (χ3n) is 4.32. The van der Waals surface area contributed by atoms with Crippen LogP contribution in [0.2, 0.25) is 0 Å². The van der Waals surface area contributed by atoms with Crippen LogP contribution < -0.4 is 5.32 Å². The molecule has 1 aromatic carbocycles. The number of carbonyl (C=O) groups excluding carboxylic acids is 1. The number of nitriles is 1. The van der Waals surface area contributed by atoms with E-state index in [4.69, 9.17) is 5.26 Å². The van der Waals surface area contributed by atoms with E-state index in [1.165, 1.54) is 0 Å². The van der Waals surface area contributed by atoms with E-state index in [2.05, 4.69) is 16.5 Å². The van der Waals surface area contributed by atoms with E-state index in [1.807, 2.05) is 42.1 Å². The van der Waals surface area contributed by atoms with Crippen LogP contribution >= 0.6 is 0 Å². The average molecular weight is 311 g/mol. The molecule has 23 heavy (non-hydrogen) atoms. The van der Waals surface area contributed by atoms with Crippen LogP contribution in [0.5, 0.6) is 0 Å². The molecule has 1 aliphatic heterocycles. The molecule has 0 saturated carbocycles. The summed E-state index contributed by atoms with van der Waals surface area (Å²) >= 11 is 0. The molecule has 1 N–H and O–H groups in total. The van der Waals surface area contributed by atoms with Crippen molar-refractivity contribution in [1.29, 1.82) is 5.26 Å². The zero-order chi connectivity index (χ0) is 16.2. The second-order valence-electron chi connectivity index (χ2n) is 6.04. The molecule has 2 atom stereocenters. The monoisotopic (exact) mass is 311 g/mol. The van der Waals surface area contributed by atoms with Gasteiger partial charge >= 0.3 is 0 Å². The molecule has 0 bridgehead atoms. The predicted molar refractivity (Wildman–Crippen MR) is 87.5 cm³/mol. The van der Waals surface area contributed by atoms with Gasteiger partial charge in [-0.1, -0.05) is 18.2 Å². The minimum Gasteiger partial charge on any atom is -0.326 e. The van der Waals surface area contributed by atoms with Gasteiger partial charge in [0.1, 0.15) is 6.04 Å². The van der Waals surface area contributed by atoms with Gasteiger partial charge < -0.3 is 10.2 Å². The number of aromatic nitrogens is 2. The highest BCUT2D eigenvalue weighted by Crippen LogP contribution is 2.16. The highest BCUT2D eigenvalue weighted by atomic mass is 16.2. The number of hydrogen-bond donors (Lipinski definition) is 1. The van der Waals surface area contributed by atoms with E-state index in [0.717, 1.165) is 23.7 Å². The van der Waals surface area contributed by atoms with Crippen molar-refractivity contribution in [3.63, 3.8) is 0 Å². The van der Waals surface area contributed by atoms with Crippen molar-refractivity contribution in [2.45, 2.75) is 38.4 Å². The summed E-state index contributed by atoms with van der Waals surface area (Å²) in [7, 11) is 0. The summed E-state index contributed by atoms with van der Waals surface area (Å²) < 4.78 is 1.95. The van der Waals surface area contributed by atoms with Crippen molar-refractivity contribution in [2.24, 2.45) is 0 Å². The van der Waals surface area contributed by atoms with E-state index in [1.54, 1.807) is 4.90 Å². The molecule has 1 aromatic heterocycles. The fraction of sp³-hybridized carbons (Fsp3) is 0.471. The maximum atomic E-state index is 12.2. The maximum absolute atomic E-state index is 12.2. The summed E-state index contributed by atoms with van der Waals surface area (Å²) in [6, 6.07) is 10.1. The van der Waals surface area contributed by atoms with Gasteiger partial charge in [0.05, 0.1) is 30.9 Å². The average Bonchev–Trinajstić information content (AvgIpc) is 3.20. The smallest absolute Gasteiger partial charge is 0.237 e. The number of benzene rings is 1. The van der Waals surface area contributed by atoms with Crippen molar-refractivity contribution in [1.82, 2.24) is 20.0 Å². The molecule has 1 unspecified atom stereocenters. The molecule has 2 aromatic rings. The van der Waals surface area contributed by atoms with Crippen LogP contribution in [0.15, 0.2) is 30.5 Å². The van der Waals surface area contributed by atoms with Gasteiger partial charge in [-0.2, -0.15) is 10.4 Å². The first-order valence-corrected chi connectivity index (χ1v) is 8.02. The Labute approximate surface area is 135 Å². The first-order valence-electron chi connectivity index (χ1n) is 8.02. The lowest BCUT2D eigenvalue weighted by molar-refractivity contribution is -0.130. The standard InChI is InChI=1S/C17H21N5O/c1-13(12-22-16-7-3-2-5-14(16)10-20-22)19-11-17(23)21-8-4-6-15(21)9-18/h2-3,5,7,10,13,15,19H,4,6,8,11-12H2,1H3/t13?,15-/m0/s1. The minimum atomic E-state index is -0.255. The van der Waals surface area contributed by atoms with Gasteiger partial charge in [0, 0.05) is 18.0 Å². The minimum absolute atomic E-state index is 0.00576. The molecule has 120 valence electrons. The lowest BCUT2D eigenvalue weighted by atomic mass is 10.2. The Bertz CT molecular complexity index is 732. The van der Waals surface area contributed by atoms with Crippen molar-refractivity contribution in [2.75, 3.05) is 13.1 Å². The van der Waals surface area contributed by atoms with E-state index >= 15 is 0 Å². The molecule has 0 aliphatic carbocycles. The number of amides is 1. The molecular formula is C17H21N5O. The third-order valence-corrected chi connectivity index (χ3v) is 4.32. The van der Waals surface area contributed by atoms with Gasteiger partial charge in [-0.25, -0.2) is 0 Å². The Balaban J connectivity index is 1.54. The largest absolute Gasteiger partial charge is 0.326 e. The Morgan fingerprint density at radius 2 is 2.35 bits per heavy atom. The fourth-order valence-electron chi connectivity index (χ4n) is 3.06. The van der Waals surface area contributed by atoms with Crippen LogP contribution in [0.25, 0.3) is 10.9 Å². The molecule has 3 rings (SSSR count). The molecule has 1 fully saturated rings. The lowest BCUT2D eigenvalue weighted by Gasteiger charge is -2.21. The van der Waals surface area contributed by atoms with Crippen molar-refractivity contribution in [3.05, 3.63) is 30.5 Å². The fourth-order valence-corrected chi connectivity index (χ4v) is 3.06. The number of rotatable bonds is 5. The molecule has 0 spiro atoms. The molecule has 6 nitrogen and oxygen atoms in total. The molecule has 1 amide bonds. The molecule has 6 heteroatoms. The predicted octanol–water partition coefficient (Wildman–Crippen LogP) is 1.53.